The Morgan fingerprint density at radius 2 is 2.36 bits per heavy atom. The minimum absolute atomic E-state index is 0.00389. The van der Waals surface area contributed by atoms with Gasteiger partial charge in [-0.25, -0.2) is 0 Å². The molecule has 0 radical (unpaired) electrons. The van der Waals surface area contributed by atoms with Crippen molar-refractivity contribution in [2.24, 2.45) is 5.73 Å². The van der Waals surface area contributed by atoms with Crippen LogP contribution in [0.15, 0.2) is 18.5 Å². The molecule has 2 heteroatoms. The molecule has 1 aromatic heterocycles. The molecule has 0 amide bonds. The number of nitrogens with two attached hydrogens (primary N) is 1. The highest BCUT2D eigenvalue weighted by Gasteiger charge is 1.98. The molecule has 0 aliphatic carbocycles. The van der Waals surface area contributed by atoms with Gasteiger partial charge in [0.1, 0.15) is 0 Å². The van der Waals surface area contributed by atoms with Gasteiger partial charge in [0, 0.05) is 24.0 Å². The third-order valence-corrected chi connectivity index (χ3v) is 1.45. The Morgan fingerprint density at radius 3 is 2.91 bits per heavy atom. The fourth-order valence-electron chi connectivity index (χ4n) is 0.786. The van der Waals surface area contributed by atoms with Crippen molar-refractivity contribution >= 4 is 0 Å². The molecule has 0 aliphatic rings. The monoisotopic (exact) mass is 146 g/mol. The quantitative estimate of drug-likeness (QED) is 0.602. The Morgan fingerprint density at radius 1 is 1.64 bits per heavy atom. The van der Waals surface area contributed by atoms with E-state index in [9.17, 15) is 0 Å². The van der Waals surface area contributed by atoms with Crippen LogP contribution in [0.2, 0.25) is 0 Å². The van der Waals surface area contributed by atoms with Crippen molar-refractivity contribution in [2.75, 3.05) is 0 Å². The summed E-state index contributed by atoms with van der Waals surface area (Å²) in [5, 5.41) is 0. The molecular formula is C9H10N2. The van der Waals surface area contributed by atoms with Crippen LogP contribution in [0.4, 0.5) is 0 Å². The first-order valence-corrected chi connectivity index (χ1v) is 3.41. The fourth-order valence-corrected chi connectivity index (χ4v) is 0.786. The first-order chi connectivity index (χ1) is 5.24. The molecule has 11 heavy (non-hydrogen) atoms. The largest absolute Gasteiger partial charge is 0.324 e. The summed E-state index contributed by atoms with van der Waals surface area (Å²) in [5.41, 5.74) is 7.38. The summed E-state index contributed by atoms with van der Waals surface area (Å²) >= 11 is 0. The van der Waals surface area contributed by atoms with E-state index in [-0.39, 0.29) is 6.04 Å². The summed E-state index contributed by atoms with van der Waals surface area (Å²) in [7, 11) is 0. The predicted octanol–water partition coefficient (Wildman–Crippen LogP) is 1.08. The summed E-state index contributed by atoms with van der Waals surface area (Å²) in [6.45, 7) is 1.90. The topological polar surface area (TPSA) is 38.9 Å². The SMILES string of the molecule is C#Cc1cncc(C(C)N)c1. The van der Waals surface area contributed by atoms with Crippen LogP contribution in [0.5, 0.6) is 0 Å². The van der Waals surface area contributed by atoms with Crippen LogP contribution < -0.4 is 5.73 Å². The third kappa shape index (κ3) is 1.79. The van der Waals surface area contributed by atoms with Gasteiger partial charge in [0.05, 0.1) is 0 Å². The maximum atomic E-state index is 5.63. The molecule has 56 valence electrons. The van der Waals surface area contributed by atoms with Crippen LogP contribution in [0.1, 0.15) is 24.1 Å². The zero-order chi connectivity index (χ0) is 8.27. The number of hydrogen-bond donors (Lipinski definition) is 1. The van der Waals surface area contributed by atoms with Gasteiger partial charge < -0.3 is 5.73 Å². The first kappa shape index (κ1) is 7.77. The summed E-state index contributed by atoms with van der Waals surface area (Å²) in [6.07, 6.45) is 8.56. The van der Waals surface area contributed by atoms with Crippen molar-refractivity contribution in [3.8, 4) is 12.3 Å². The average Bonchev–Trinajstić information content (AvgIpc) is 2.05. The van der Waals surface area contributed by atoms with Crippen LogP contribution in [0.3, 0.4) is 0 Å². The lowest BCUT2D eigenvalue weighted by Crippen LogP contribution is -2.05. The lowest BCUT2D eigenvalue weighted by molar-refractivity contribution is 0.811. The van der Waals surface area contributed by atoms with Crippen molar-refractivity contribution < 1.29 is 0 Å². The zero-order valence-electron chi connectivity index (χ0n) is 6.41. The second-order valence-corrected chi connectivity index (χ2v) is 2.44. The Kier molecular flexibility index (Phi) is 2.25. The lowest BCUT2D eigenvalue weighted by Gasteiger charge is -2.03. The van der Waals surface area contributed by atoms with E-state index in [1.165, 1.54) is 0 Å². The molecule has 0 bridgehead atoms. The van der Waals surface area contributed by atoms with Crippen molar-refractivity contribution in [3.63, 3.8) is 0 Å². The Bertz CT molecular complexity index is 284. The molecule has 0 aliphatic heterocycles. The summed E-state index contributed by atoms with van der Waals surface area (Å²) in [5.74, 6) is 2.50. The van der Waals surface area contributed by atoms with Gasteiger partial charge in [0.15, 0.2) is 0 Å². The van der Waals surface area contributed by atoms with Crippen molar-refractivity contribution in [3.05, 3.63) is 29.6 Å². The second-order valence-electron chi connectivity index (χ2n) is 2.44. The van der Waals surface area contributed by atoms with E-state index >= 15 is 0 Å². The normalized spacial score (nSPS) is 12.1. The van der Waals surface area contributed by atoms with Crippen molar-refractivity contribution in [2.45, 2.75) is 13.0 Å². The number of terminal acetylenes is 1. The third-order valence-electron chi connectivity index (χ3n) is 1.45. The molecule has 1 unspecified atom stereocenters. The Labute approximate surface area is 66.4 Å². The van der Waals surface area contributed by atoms with Gasteiger partial charge in [-0.05, 0) is 18.6 Å². The molecule has 2 N–H and O–H groups in total. The lowest BCUT2D eigenvalue weighted by atomic mass is 10.1. The molecule has 1 rings (SSSR count). The van der Waals surface area contributed by atoms with Gasteiger partial charge in [-0.15, -0.1) is 6.42 Å². The average molecular weight is 146 g/mol. The summed E-state index contributed by atoms with van der Waals surface area (Å²) in [6, 6.07) is 1.87. The highest BCUT2D eigenvalue weighted by Crippen LogP contribution is 2.08. The number of pyridine rings is 1. The molecule has 0 spiro atoms. The van der Waals surface area contributed by atoms with E-state index in [1.807, 2.05) is 13.0 Å². The number of aromatic nitrogens is 1. The van der Waals surface area contributed by atoms with E-state index in [4.69, 9.17) is 12.2 Å². The maximum Gasteiger partial charge on any atom is 0.0429 e. The molecule has 1 heterocycles. The van der Waals surface area contributed by atoms with Gasteiger partial charge in [-0.3, -0.25) is 4.98 Å². The first-order valence-electron chi connectivity index (χ1n) is 3.41. The zero-order valence-corrected chi connectivity index (χ0v) is 6.41. The van der Waals surface area contributed by atoms with Crippen LogP contribution in [-0.4, -0.2) is 4.98 Å². The van der Waals surface area contributed by atoms with Crippen LogP contribution in [-0.2, 0) is 0 Å². The van der Waals surface area contributed by atoms with Crippen molar-refractivity contribution in [1.82, 2.24) is 4.98 Å². The Hall–Kier alpha value is -1.33. The number of rotatable bonds is 1. The van der Waals surface area contributed by atoms with Gasteiger partial charge >= 0.3 is 0 Å². The molecule has 0 saturated heterocycles. The van der Waals surface area contributed by atoms with Crippen molar-refractivity contribution in [1.29, 1.82) is 0 Å². The minimum Gasteiger partial charge on any atom is -0.324 e. The highest BCUT2D eigenvalue weighted by molar-refractivity contribution is 5.32. The van der Waals surface area contributed by atoms with Gasteiger partial charge in [-0.1, -0.05) is 5.92 Å². The second kappa shape index (κ2) is 3.18. The summed E-state index contributed by atoms with van der Waals surface area (Å²) in [4.78, 5) is 3.95. The molecular weight excluding hydrogens is 136 g/mol. The van der Waals surface area contributed by atoms with Crippen LogP contribution in [0.25, 0.3) is 0 Å². The minimum atomic E-state index is -0.00389. The highest BCUT2D eigenvalue weighted by atomic mass is 14.7. The molecule has 2 nitrogen and oxygen atoms in total. The molecule has 0 fully saturated rings. The fraction of sp³-hybridized carbons (Fsp3) is 0.222. The van der Waals surface area contributed by atoms with Gasteiger partial charge in [-0.2, -0.15) is 0 Å². The standard InChI is InChI=1S/C9H10N2/c1-3-8-4-9(7(2)10)6-11-5-8/h1,4-7H,10H2,2H3. The maximum absolute atomic E-state index is 5.63. The van der Waals surface area contributed by atoms with Crippen LogP contribution >= 0.6 is 0 Å². The van der Waals surface area contributed by atoms with E-state index in [0.29, 0.717) is 0 Å². The molecule has 1 atom stereocenters. The predicted molar refractivity (Wildman–Crippen MR) is 44.8 cm³/mol. The number of nitrogens with zero attached hydrogens (tertiary/aromatic N) is 1. The van der Waals surface area contributed by atoms with Gasteiger partial charge in [0.25, 0.3) is 0 Å². The van der Waals surface area contributed by atoms with E-state index in [2.05, 4.69) is 10.9 Å². The van der Waals surface area contributed by atoms with E-state index < -0.39 is 0 Å². The van der Waals surface area contributed by atoms with Crippen LogP contribution in [0, 0.1) is 12.3 Å². The van der Waals surface area contributed by atoms with Gasteiger partial charge in [0.2, 0.25) is 0 Å². The van der Waals surface area contributed by atoms with E-state index in [0.717, 1.165) is 11.1 Å². The molecule has 0 saturated carbocycles. The van der Waals surface area contributed by atoms with E-state index in [1.54, 1.807) is 12.4 Å². The molecule has 1 aromatic rings. The summed E-state index contributed by atoms with van der Waals surface area (Å²) < 4.78 is 0. The number of hydrogen-bond acceptors (Lipinski definition) is 2. The Balaban J connectivity index is 3.03. The smallest absolute Gasteiger partial charge is 0.0429 e. The molecule has 0 aromatic carbocycles.